The SMILES string of the molecule is CCCOc1cc(N2CCN(C)C(C)C2)ccc1N. The van der Waals surface area contributed by atoms with Crippen LogP contribution in [0.2, 0.25) is 0 Å². The molecule has 1 atom stereocenters. The highest BCUT2D eigenvalue weighted by atomic mass is 16.5. The van der Waals surface area contributed by atoms with Crippen LogP contribution in [0.3, 0.4) is 0 Å². The van der Waals surface area contributed by atoms with Gasteiger partial charge in [0.25, 0.3) is 0 Å². The number of nitrogen functional groups attached to an aromatic ring is 1. The van der Waals surface area contributed by atoms with Crippen molar-refractivity contribution in [2.24, 2.45) is 0 Å². The molecule has 2 rings (SSSR count). The number of hydrogen-bond donors (Lipinski definition) is 1. The molecule has 0 aliphatic carbocycles. The molecule has 0 saturated carbocycles. The standard InChI is InChI=1S/C15H25N3O/c1-4-9-19-15-10-13(5-6-14(15)16)18-8-7-17(3)12(2)11-18/h5-6,10,12H,4,7-9,11,16H2,1-3H3. The largest absolute Gasteiger partial charge is 0.491 e. The molecule has 4 heteroatoms. The molecule has 1 aliphatic heterocycles. The second kappa shape index (κ2) is 6.15. The van der Waals surface area contributed by atoms with Crippen molar-refractivity contribution in [3.63, 3.8) is 0 Å². The minimum atomic E-state index is 0.575. The number of benzene rings is 1. The molecular weight excluding hydrogens is 238 g/mol. The molecule has 0 amide bonds. The van der Waals surface area contributed by atoms with E-state index in [1.807, 2.05) is 6.07 Å². The lowest BCUT2D eigenvalue weighted by Gasteiger charge is -2.39. The minimum Gasteiger partial charge on any atom is -0.491 e. The summed E-state index contributed by atoms with van der Waals surface area (Å²) in [6, 6.07) is 6.68. The fourth-order valence-electron chi connectivity index (χ4n) is 2.34. The summed E-state index contributed by atoms with van der Waals surface area (Å²) in [5, 5.41) is 0. The number of rotatable bonds is 4. The Kier molecular flexibility index (Phi) is 4.53. The van der Waals surface area contributed by atoms with Crippen LogP contribution in [0.1, 0.15) is 20.3 Å². The number of piperazine rings is 1. The first-order valence-corrected chi connectivity index (χ1v) is 7.09. The lowest BCUT2D eigenvalue weighted by molar-refractivity contribution is 0.234. The monoisotopic (exact) mass is 263 g/mol. The van der Waals surface area contributed by atoms with Gasteiger partial charge in [-0.1, -0.05) is 6.92 Å². The summed E-state index contributed by atoms with van der Waals surface area (Å²) in [7, 11) is 2.18. The van der Waals surface area contributed by atoms with Gasteiger partial charge >= 0.3 is 0 Å². The summed E-state index contributed by atoms with van der Waals surface area (Å²) in [6.45, 7) is 8.27. The number of nitrogens with zero attached hydrogens (tertiary/aromatic N) is 2. The molecule has 19 heavy (non-hydrogen) atoms. The Morgan fingerprint density at radius 3 is 2.84 bits per heavy atom. The summed E-state index contributed by atoms with van der Waals surface area (Å²) in [6.07, 6.45) is 0.995. The lowest BCUT2D eigenvalue weighted by atomic mass is 10.1. The van der Waals surface area contributed by atoms with Crippen molar-refractivity contribution in [3.05, 3.63) is 18.2 Å². The van der Waals surface area contributed by atoms with Gasteiger partial charge in [-0.3, -0.25) is 0 Å². The van der Waals surface area contributed by atoms with E-state index < -0.39 is 0 Å². The van der Waals surface area contributed by atoms with Gasteiger partial charge in [-0.05, 0) is 32.5 Å². The smallest absolute Gasteiger partial charge is 0.144 e. The van der Waals surface area contributed by atoms with Crippen molar-refractivity contribution in [2.75, 3.05) is 43.9 Å². The zero-order valence-electron chi connectivity index (χ0n) is 12.2. The molecule has 106 valence electrons. The van der Waals surface area contributed by atoms with Gasteiger partial charge in [0.1, 0.15) is 5.75 Å². The molecule has 0 bridgehead atoms. The topological polar surface area (TPSA) is 41.7 Å². The number of nitrogens with two attached hydrogens (primary N) is 1. The molecule has 0 aromatic heterocycles. The van der Waals surface area contributed by atoms with E-state index in [0.717, 1.165) is 37.5 Å². The molecule has 0 spiro atoms. The van der Waals surface area contributed by atoms with Crippen LogP contribution < -0.4 is 15.4 Å². The fourth-order valence-corrected chi connectivity index (χ4v) is 2.34. The summed E-state index contributed by atoms with van der Waals surface area (Å²) in [5.41, 5.74) is 7.89. The van der Waals surface area contributed by atoms with Crippen LogP contribution in [-0.4, -0.2) is 44.2 Å². The van der Waals surface area contributed by atoms with Gasteiger partial charge in [-0.25, -0.2) is 0 Å². The van der Waals surface area contributed by atoms with Gasteiger partial charge < -0.3 is 20.3 Å². The normalized spacial score (nSPS) is 20.6. The second-order valence-electron chi connectivity index (χ2n) is 5.35. The average molecular weight is 263 g/mol. The molecule has 1 aromatic rings. The van der Waals surface area contributed by atoms with Crippen molar-refractivity contribution in [2.45, 2.75) is 26.3 Å². The predicted molar refractivity (Wildman–Crippen MR) is 80.9 cm³/mol. The Hall–Kier alpha value is -1.42. The second-order valence-corrected chi connectivity index (χ2v) is 5.35. The van der Waals surface area contributed by atoms with Crippen LogP contribution in [0.15, 0.2) is 18.2 Å². The van der Waals surface area contributed by atoms with E-state index >= 15 is 0 Å². The van der Waals surface area contributed by atoms with Gasteiger partial charge in [0.05, 0.1) is 12.3 Å². The Morgan fingerprint density at radius 1 is 1.37 bits per heavy atom. The molecule has 2 N–H and O–H groups in total. The first-order chi connectivity index (χ1) is 9.11. The zero-order valence-corrected chi connectivity index (χ0v) is 12.2. The van der Waals surface area contributed by atoms with Crippen LogP contribution >= 0.6 is 0 Å². The van der Waals surface area contributed by atoms with Crippen molar-refractivity contribution in [1.82, 2.24) is 4.90 Å². The first-order valence-electron chi connectivity index (χ1n) is 7.09. The Bertz CT molecular complexity index is 422. The molecule has 1 heterocycles. The van der Waals surface area contributed by atoms with E-state index in [2.05, 4.69) is 42.8 Å². The summed E-state index contributed by atoms with van der Waals surface area (Å²) in [5.74, 6) is 0.811. The maximum absolute atomic E-state index is 5.96. The molecular formula is C15H25N3O. The van der Waals surface area contributed by atoms with E-state index in [0.29, 0.717) is 12.6 Å². The van der Waals surface area contributed by atoms with Crippen molar-refractivity contribution < 1.29 is 4.74 Å². The van der Waals surface area contributed by atoms with Crippen LogP contribution in [0.5, 0.6) is 5.75 Å². The molecule has 4 nitrogen and oxygen atoms in total. The quantitative estimate of drug-likeness (QED) is 0.846. The maximum atomic E-state index is 5.96. The highest BCUT2D eigenvalue weighted by Crippen LogP contribution is 2.29. The highest BCUT2D eigenvalue weighted by Gasteiger charge is 2.21. The third-order valence-electron chi connectivity index (χ3n) is 3.78. The van der Waals surface area contributed by atoms with Crippen molar-refractivity contribution >= 4 is 11.4 Å². The number of anilines is 2. The minimum absolute atomic E-state index is 0.575. The third-order valence-corrected chi connectivity index (χ3v) is 3.78. The van der Waals surface area contributed by atoms with E-state index in [9.17, 15) is 0 Å². The molecule has 1 aromatic carbocycles. The number of ether oxygens (including phenoxy) is 1. The van der Waals surface area contributed by atoms with Crippen molar-refractivity contribution in [3.8, 4) is 5.75 Å². The molecule has 1 aliphatic rings. The first kappa shape index (κ1) is 14.0. The predicted octanol–water partition coefficient (Wildman–Crippen LogP) is 2.20. The van der Waals surface area contributed by atoms with Gasteiger partial charge in [-0.15, -0.1) is 0 Å². The Balaban J connectivity index is 2.11. The van der Waals surface area contributed by atoms with Crippen LogP contribution in [-0.2, 0) is 0 Å². The molecule has 0 radical (unpaired) electrons. The van der Waals surface area contributed by atoms with Gasteiger partial charge in [-0.2, -0.15) is 0 Å². The van der Waals surface area contributed by atoms with Gasteiger partial charge in [0.15, 0.2) is 0 Å². The summed E-state index contributed by atoms with van der Waals surface area (Å²) in [4.78, 5) is 4.80. The number of likely N-dealkylation sites (N-methyl/N-ethyl adjacent to an activating group) is 1. The third kappa shape index (κ3) is 3.32. The molecule has 1 saturated heterocycles. The van der Waals surface area contributed by atoms with Crippen LogP contribution in [0.25, 0.3) is 0 Å². The number of hydrogen-bond acceptors (Lipinski definition) is 4. The molecule has 1 fully saturated rings. The average Bonchev–Trinajstić information content (AvgIpc) is 2.41. The van der Waals surface area contributed by atoms with Gasteiger partial charge in [0, 0.05) is 37.4 Å². The fraction of sp³-hybridized carbons (Fsp3) is 0.600. The van der Waals surface area contributed by atoms with Crippen LogP contribution in [0.4, 0.5) is 11.4 Å². The van der Waals surface area contributed by atoms with E-state index in [1.54, 1.807) is 0 Å². The van der Waals surface area contributed by atoms with E-state index in [4.69, 9.17) is 10.5 Å². The van der Waals surface area contributed by atoms with Crippen LogP contribution in [0, 0.1) is 0 Å². The van der Waals surface area contributed by atoms with E-state index in [1.165, 1.54) is 5.69 Å². The molecule has 1 unspecified atom stereocenters. The zero-order chi connectivity index (χ0) is 13.8. The Labute approximate surface area is 116 Å². The van der Waals surface area contributed by atoms with Crippen molar-refractivity contribution in [1.29, 1.82) is 0 Å². The summed E-state index contributed by atoms with van der Waals surface area (Å²) >= 11 is 0. The maximum Gasteiger partial charge on any atom is 0.144 e. The van der Waals surface area contributed by atoms with E-state index in [-0.39, 0.29) is 0 Å². The van der Waals surface area contributed by atoms with Gasteiger partial charge in [0.2, 0.25) is 0 Å². The summed E-state index contributed by atoms with van der Waals surface area (Å²) < 4.78 is 5.70. The highest BCUT2D eigenvalue weighted by molar-refractivity contribution is 5.62. The Morgan fingerprint density at radius 2 is 2.16 bits per heavy atom. The lowest BCUT2D eigenvalue weighted by Crippen LogP contribution is -2.50.